The van der Waals surface area contributed by atoms with Gasteiger partial charge in [0.15, 0.2) is 11.0 Å². The summed E-state index contributed by atoms with van der Waals surface area (Å²) in [7, 11) is 0. The smallest absolute Gasteiger partial charge is 0.295 e. The zero-order chi connectivity index (χ0) is 15.0. The van der Waals surface area contributed by atoms with Gasteiger partial charge in [-0.05, 0) is 55.6 Å². The van der Waals surface area contributed by atoms with Gasteiger partial charge in [-0.15, -0.1) is 0 Å². The number of hydrogen-bond acceptors (Lipinski definition) is 4. The van der Waals surface area contributed by atoms with E-state index < -0.39 is 0 Å². The van der Waals surface area contributed by atoms with Gasteiger partial charge in [0.05, 0.1) is 11.6 Å². The number of carbonyl (C=O) groups excluding carboxylic acids is 1. The van der Waals surface area contributed by atoms with E-state index in [4.69, 9.17) is 21.3 Å². The summed E-state index contributed by atoms with van der Waals surface area (Å²) >= 11 is 5.73. The van der Waals surface area contributed by atoms with Crippen LogP contribution in [0.4, 0.5) is 5.82 Å². The van der Waals surface area contributed by atoms with E-state index >= 15 is 0 Å². The summed E-state index contributed by atoms with van der Waals surface area (Å²) in [5, 5.41) is 9.23. The number of pyridine rings is 1. The van der Waals surface area contributed by atoms with Crippen LogP contribution in [-0.2, 0) is 0 Å². The van der Waals surface area contributed by atoms with E-state index in [0.29, 0.717) is 17.1 Å². The number of aromatic nitrogens is 1. The van der Waals surface area contributed by atoms with Crippen molar-refractivity contribution < 1.29 is 9.21 Å². The fraction of sp³-hybridized carbons (Fsp3) is 0.267. The summed E-state index contributed by atoms with van der Waals surface area (Å²) < 4.78 is 5.19. The Balaban J connectivity index is 2.01. The molecule has 0 saturated heterocycles. The summed E-state index contributed by atoms with van der Waals surface area (Å²) in [5.41, 5.74) is 1.17. The highest BCUT2D eigenvalue weighted by atomic mass is 35.5. The number of anilines is 1. The number of rotatable bonds is 3. The molecule has 21 heavy (non-hydrogen) atoms. The van der Waals surface area contributed by atoms with E-state index in [-0.39, 0.29) is 22.9 Å². The zero-order valence-electron chi connectivity index (χ0n) is 11.3. The Bertz CT molecular complexity index is 744. The van der Waals surface area contributed by atoms with Gasteiger partial charge in [-0.1, -0.05) is 0 Å². The minimum atomic E-state index is -0.286. The SMILES string of the molecule is Cc1cc(C#N)cc(N(C(=O)c2ccc(Cl)o2)C2CC2)n1. The lowest BCUT2D eigenvalue weighted by Gasteiger charge is -2.20. The molecule has 0 spiro atoms. The first-order chi connectivity index (χ1) is 10.1. The van der Waals surface area contributed by atoms with E-state index in [1.54, 1.807) is 30.0 Å². The maximum Gasteiger partial charge on any atom is 0.295 e. The molecule has 1 aliphatic carbocycles. The molecule has 0 aromatic carbocycles. The molecule has 0 unspecified atom stereocenters. The van der Waals surface area contributed by atoms with Crippen molar-refractivity contribution >= 4 is 23.3 Å². The topological polar surface area (TPSA) is 70.1 Å². The van der Waals surface area contributed by atoms with Gasteiger partial charge < -0.3 is 4.42 Å². The van der Waals surface area contributed by atoms with Crippen LogP contribution in [0.15, 0.2) is 28.7 Å². The largest absolute Gasteiger partial charge is 0.440 e. The Kier molecular flexibility index (Phi) is 3.40. The lowest BCUT2D eigenvalue weighted by Crippen LogP contribution is -2.33. The maximum atomic E-state index is 12.6. The van der Waals surface area contributed by atoms with Crippen LogP contribution >= 0.6 is 11.6 Å². The van der Waals surface area contributed by atoms with Crippen LogP contribution in [-0.4, -0.2) is 16.9 Å². The van der Waals surface area contributed by atoms with Crippen LogP contribution in [0.5, 0.6) is 0 Å². The summed E-state index contributed by atoms with van der Waals surface area (Å²) in [6, 6.07) is 8.56. The molecular weight excluding hydrogens is 290 g/mol. The second-order valence-electron chi connectivity index (χ2n) is 4.98. The number of furan rings is 1. The molecule has 2 aromatic rings. The van der Waals surface area contributed by atoms with Gasteiger partial charge in [0.2, 0.25) is 0 Å². The lowest BCUT2D eigenvalue weighted by molar-refractivity contribution is 0.0958. The number of halogens is 1. The van der Waals surface area contributed by atoms with Crippen LogP contribution in [0.1, 0.15) is 34.7 Å². The third-order valence-corrected chi connectivity index (χ3v) is 3.43. The molecule has 2 heterocycles. The molecular formula is C15H12ClN3O2. The highest BCUT2D eigenvalue weighted by Gasteiger charge is 2.36. The number of nitrogens with zero attached hydrogens (tertiary/aromatic N) is 3. The number of hydrogen-bond donors (Lipinski definition) is 0. The average molecular weight is 302 g/mol. The predicted octanol–water partition coefficient (Wildman–Crippen LogP) is 3.32. The predicted molar refractivity (Wildman–Crippen MR) is 77.2 cm³/mol. The van der Waals surface area contributed by atoms with Crippen LogP contribution in [0, 0.1) is 18.3 Å². The molecule has 3 rings (SSSR count). The van der Waals surface area contributed by atoms with E-state index in [9.17, 15) is 4.79 Å². The zero-order valence-corrected chi connectivity index (χ0v) is 12.1. The molecule has 0 N–H and O–H groups in total. The molecule has 0 atom stereocenters. The molecule has 6 heteroatoms. The number of aryl methyl sites for hydroxylation is 1. The summed E-state index contributed by atoms with van der Waals surface area (Å²) in [5.74, 6) is 0.367. The summed E-state index contributed by atoms with van der Waals surface area (Å²) in [6.45, 7) is 1.80. The second-order valence-corrected chi connectivity index (χ2v) is 5.35. The molecule has 2 aromatic heterocycles. The molecule has 0 bridgehead atoms. The second kappa shape index (κ2) is 5.23. The first-order valence-electron chi connectivity index (χ1n) is 6.56. The highest BCUT2D eigenvalue weighted by Crippen LogP contribution is 2.33. The van der Waals surface area contributed by atoms with E-state index in [1.807, 2.05) is 0 Å². The van der Waals surface area contributed by atoms with Crippen LogP contribution in [0.3, 0.4) is 0 Å². The Hall–Kier alpha value is -2.32. The molecule has 106 valence electrons. The Morgan fingerprint density at radius 3 is 2.81 bits per heavy atom. The fourth-order valence-electron chi connectivity index (χ4n) is 2.18. The van der Waals surface area contributed by atoms with Crippen LogP contribution in [0.2, 0.25) is 5.22 Å². The van der Waals surface area contributed by atoms with Gasteiger partial charge in [-0.25, -0.2) is 4.98 Å². The molecule has 1 amide bonds. The van der Waals surface area contributed by atoms with Crippen molar-refractivity contribution in [3.63, 3.8) is 0 Å². The van der Waals surface area contributed by atoms with Crippen molar-refractivity contribution in [2.75, 3.05) is 4.90 Å². The van der Waals surface area contributed by atoms with Gasteiger partial charge in [0, 0.05) is 11.7 Å². The van der Waals surface area contributed by atoms with E-state index in [0.717, 1.165) is 12.8 Å². The highest BCUT2D eigenvalue weighted by molar-refractivity contribution is 6.29. The van der Waals surface area contributed by atoms with Crippen LogP contribution in [0.25, 0.3) is 0 Å². The fourth-order valence-corrected chi connectivity index (χ4v) is 2.32. The first-order valence-corrected chi connectivity index (χ1v) is 6.94. The standard InChI is InChI=1S/C15H12ClN3O2/c1-9-6-10(8-17)7-14(18-9)19(11-2-3-11)15(20)12-4-5-13(16)21-12/h4-7,11H,2-3H2,1H3. The minimum absolute atomic E-state index is 0.0993. The lowest BCUT2D eigenvalue weighted by atomic mass is 10.2. The van der Waals surface area contributed by atoms with Gasteiger partial charge in [0.1, 0.15) is 5.82 Å². The third-order valence-electron chi connectivity index (χ3n) is 3.23. The molecule has 1 saturated carbocycles. The third kappa shape index (κ3) is 2.76. The molecule has 0 aliphatic heterocycles. The van der Waals surface area contributed by atoms with Gasteiger partial charge in [0.25, 0.3) is 5.91 Å². The van der Waals surface area contributed by atoms with Crippen molar-refractivity contribution in [3.05, 3.63) is 46.5 Å². The Morgan fingerprint density at radius 2 is 2.24 bits per heavy atom. The number of amides is 1. The Morgan fingerprint density at radius 1 is 1.48 bits per heavy atom. The molecule has 1 fully saturated rings. The summed E-state index contributed by atoms with van der Waals surface area (Å²) in [4.78, 5) is 18.6. The quantitative estimate of drug-likeness (QED) is 0.872. The number of carbonyl (C=O) groups is 1. The Labute approximate surface area is 126 Å². The van der Waals surface area contributed by atoms with E-state index in [2.05, 4.69) is 11.1 Å². The first kappa shape index (κ1) is 13.7. The van der Waals surface area contributed by atoms with Crippen LogP contribution < -0.4 is 4.90 Å². The average Bonchev–Trinajstić information content (AvgIpc) is 3.18. The minimum Gasteiger partial charge on any atom is -0.440 e. The number of nitriles is 1. The normalized spacial score (nSPS) is 13.8. The van der Waals surface area contributed by atoms with Crippen molar-refractivity contribution in [2.45, 2.75) is 25.8 Å². The van der Waals surface area contributed by atoms with Crippen molar-refractivity contribution in [3.8, 4) is 6.07 Å². The van der Waals surface area contributed by atoms with Crippen molar-refractivity contribution in [2.24, 2.45) is 0 Å². The van der Waals surface area contributed by atoms with Gasteiger partial charge in [-0.2, -0.15) is 5.26 Å². The monoisotopic (exact) mass is 301 g/mol. The maximum absolute atomic E-state index is 12.6. The van der Waals surface area contributed by atoms with Gasteiger partial charge >= 0.3 is 0 Å². The summed E-state index contributed by atoms with van der Waals surface area (Å²) in [6.07, 6.45) is 1.83. The molecule has 1 aliphatic rings. The van der Waals surface area contributed by atoms with Crippen molar-refractivity contribution in [1.82, 2.24) is 4.98 Å². The van der Waals surface area contributed by atoms with E-state index in [1.165, 1.54) is 6.07 Å². The van der Waals surface area contributed by atoms with Crippen molar-refractivity contribution in [1.29, 1.82) is 5.26 Å². The molecule has 5 nitrogen and oxygen atoms in total. The van der Waals surface area contributed by atoms with Gasteiger partial charge in [-0.3, -0.25) is 9.69 Å². The molecule has 0 radical (unpaired) electrons.